The van der Waals surface area contributed by atoms with Gasteiger partial charge in [-0.1, -0.05) is 0 Å². The molecule has 3 N–H and O–H groups in total. The normalized spacial score (nSPS) is 11.6. The molecule has 0 aliphatic heterocycles. The number of carbonyl (C=O) groups is 1. The molecule has 0 radical (unpaired) electrons. The Hall–Kier alpha value is -1.51. The van der Waals surface area contributed by atoms with Gasteiger partial charge in [0.15, 0.2) is 0 Å². The van der Waals surface area contributed by atoms with Crippen LogP contribution in [0, 0.1) is 0 Å². The van der Waals surface area contributed by atoms with E-state index in [0.717, 1.165) is 4.31 Å². The van der Waals surface area contributed by atoms with Gasteiger partial charge in [-0.3, -0.25) is 9.78 Å². The number of hydrogen-bond acceptors (Lipinski definition) is 5. The van der Waals surface area contributed by atoms with Gasteiger partial charge in [0.1, 0.15) is 4.90 Å². The molecule has 1 heterocycles. The van der Waals surface area contributed by atoms with Gasteiger partial charge in [-0.05, 0) is 12.1 Å². The van der Waals surface area contributed by atoms with Gasteiger partial charge >= 0.3 is 0 Å². The Morgan fingerprint density at radius 2 is 2.21 bits per heavy atom. The lowest BCUT2D eigenvalue weighted by Crippen LogP contribution is -2.32. The highest BCUT2D eigenvalue weighted by atomic mass is 32.2. The Balaban J connectivity index is 2.94. The summed E-state index contributed by atoms with van der Waals surface area (Å²) in [6, 6.07) is 3.00. The Morgan fingerprint density at radius 1 is 1.53 bits per heavy atom. The van der Waals surface area contributed by atoms with Crippen molar-refractivity contribution in [2.24, 2.45) is 5.73 Å². The molecule has 0 aromatic carbocycles. The number of pyridine rings is 1. The van der Waals surface area contributed by atoms with Gasteiger partial charge in [0.05, 0.1) is 5.69 Å². The maximum Gasteiger partial charge on any atom is 0.244 e. The molecule has 1 amide bonds. The molecule has 0 spiro atoms. The molecular formula is C11H18N4O3S. The molecule has 0 saturated carbocycles. The quantitative estimate of drug-likeness (QED) is 0.719. The van der Waals surface area contributed by atoms with E-state index in [9.17, 15) is 13.2 Å². The number of nitrogens with one attached hydrogen (secondary N) is 1. The van der Waals surface area contributed by atoms with Crippen molar-refractivity contribution < 1.29 is 13.2 Å². The maximum atomic E-state index is 12.3. The van der Waals surface area contributed by atoms with Gasteiger partial charge < -0.3 is 11.1 Å². The van der Waals surface area contributed by atoms with Gasteiger partial charge in [0.25, 0.3) is 0 Å². The van der Waals surface area contributed by atoms with Crippen LogP contribution in [-0.2, 0) is 21.4 Å². The predicted octanol–water partition coefficient (Wildman–Crippen LogP) is -0.703. The van der Waals surface area contributed by atoms with Crippen molar-refractivity contribution >= 4 is 15.9 Å². The fourth-order valence-electron chi connectivity index (χ4n) is 1.48. The lowest BCUT2D eigenvalue weighted by atomic mass is 10.3. The monoisotopic (exact) mass is 286 g/mol. The van der Waals surface area contributed by atoms with Crippen molar-refractivity contribution in [2.75, 3.05) is 20.6 Å². The third-order valence-electron chi connectivity index (χ3n) is 2.66. The number of rotatable bonds is 6. The van der Waals surface area contributed by atoms with E-state index in [2.05, 4.69) is 10.3 Å². The standard InChI is InChI=1S/C11H18N4O3S/c1-13-11(16)5-7-15(2)19(17,18)10-4-3-6-14-9(10)8-12/h3-4,6H,5,7-8,12H2,1-2H3,(H,13,16). The Morgan fingerprint density at radius 3 is 2.79 bits per heavy atom. The first kappa shape index (κ1) is 15.5. The van der Waals surface area contributed by atoms with Crippen LogP contribution in [0.1, 0.15) is 12.1 Å². The van der Waals surface area contributed by atoms with E-state index < -0.39 is 10.0 Å². The van der Waals surface area contributed by atoms with Crippen molar-refractivity contribution in [1.82, 2.24) is 14.6 Å². The molecule has 0 atom stereocenters. The third kappa shape index (κ3) is 3.72. The molecule has 0 aliphatic carbocycles. The van der Waals surface area contributed by atoms with Crippen LogP contribution in [0.2, 0.25) is 0 Å². The highest BCUT2D eigenvalue weighted by molar-refractivity contribution is 7.89. The molecule has 0 aliphatic rings. The van der Waals surface area contributed by atoms with E-state index in [-0.39, 0.29) is 30.3 Å². The van der Waals surface area contributed by atoms with Crippen molar-refractivity contribution in [2.45, 2.75) is 17.9 Å². The molecule has 0 saturated heterocycles. The molecule has 1 aromatic heterocycles. The highest BCUT2D eigenvalue weighted by Gasteiger charge is 2.24. The Kier molecular flexibility index (Phi) is 5.40. The number of carbonyl (C=O) groups excluding carboxylic acids is 1. The number of sulfonamides is 1. The molecule has 106 valence electrons. The maximum absolute atomic E-state index is 12.3. The van der Waals surface area contributed by atoms with E-state index in [1.165, 1.54) is 26.4 Å². The zero-order valence-corrected chi connectivity index (χ0v) is 11.8. The van der Waals surface area contributed by atoms with Crippen molar-refractivity contribution in [3.8, 4) is 0 Å². The Labute approximate surface area is 112 Å². The first-order valence-corrected chi connectivity index (χ1v) is 7.18. The summed E-state index contributed by atoms with van der Waals surface area (Å²) in [5.41, 5.74) is 5.80. The van der Waals surface area contributed by atoms with Gasteiger partial charge in [-0.25, -0.2) is 12.7 Å². The average molecular weight is 286 g/mol. The summed E-state index contributed by atoms with van der Waals surface area (Å²) in [6.45, 7) is 0.138. The van der Waals surface area contributed by atoms with E-state index in [0.29, 0.717) is 5.69 Å². The SMILES string of the molecule is CNC(=O)CCN(C)S(=O)(=O)c1cccnc1CN. The van der Waals surface area contributed by atoms with E-state index in [4.69, 9.17) is 5.73 Å². The summed E-state index contributed by atoms with van der Waals surface area (Å²) in [5.74, 6) is -0.215. The second-order valence-electron chi connectivity index (χ2n) is 3.90. The minimum atomic E-state index is -3.67. The fraction of sp³-hybridized carbons (Fsp3) is 0.455. The minimum absolute atomic E-state index is 0.0404. The predicted molar refractivity (Wildman–Crippen MR) is 70.6 cm³/mol. The average Bonchev–Trinajstić information content (AvgIpc) is 2.43. The highest BCUT2D eigenvalue weighted by Crippen LogP contribution is 2.17. The summed E-state index contributed by atoms with van der Waals surface area (Å²) >= 11 is 0. The first-order chi connectivity index (χ1) is 8.93. The van der Waals surface area contributed by atoms with Crippen molar-refractivity contribution in [3.05, 3.63) is 24.0 Å². The van der Waals surface area contributed by atoms with E-state index in [1.54, 1.807) is 6.07 Å². The van der Waals surface area contributed by atoms with Crippen LogP contribution in [0.5, 0.6) is 0 Å². The van der Waals surface area contributed by atoms with Crippen LogP contribution in [0.3, 0.4) is 0 Å². The second-order valence-corrected chi connectivity index (χ2v) is 5.92. The van der Waals surface area contributed by atoms with Gasteiger partial charge in [-0.2, -0.15) is 0 Å². The van der Waals surface area contributed by atoms with Gasteiger partial charge in [-0.15, -0.1) is 0 Å². The molecule has 0 bridgehead atoms. The van der Waals surface area contributed by atoms with Gasteiger partial charge in [0, 0.05) is 39.8 Å². The van der Waals surface area contributed by atoms with Crippen molar-refractivity contribution in [3.63, 3.8) is 0 Å². The molecule has 8 heteroatoms. The van der Waals surface area contributed by atoms with Crippen LogP contribution in [0.25, 0.3) is 0 Å². The topological polar surface area (TPSA) is 105 Å². The summed E-state index contributed by atoms with van der Waals surface area (Å²) in [7, 11) is -0.748. The summed E-state index contributed by atoms with van der Waals surface area (Å²) in [5, 5.41) is 2.44. The van der Waals surface area contributed by atoms with E-state index in [1.807, 2.05) is 0 Å². The summed E-state index contributed by atoms with van der Waals surface area (Å²) in [4.78, 5) is 15.2. The number of hydrogen-bond donors (Lipinski definition) is 2. The third-order valence-corrected chi connectivity index (χ3v) is 4.59. The number of aromatic nitrogens is 1. The molecular weight excluding hydrogens is 268 g/mol. The Bertz CT molecular complexity index is 545. The molecule has 1 rings (SSSR count). The van der Waals surface area contributed by atoms with Crippen LogP contribution in [-0.4, -0.2) is 44.3 Å². The second kappa shape index (κ2) is 6.60. The van der Waals surface area contributed by atoms with Crippen LogP contribution in [0.4, 0.5) is 0 Å². The fourth-order valence-corrected chi connectivity index (χ4v) is 2.84. The molecule has 0 fully saturated rings. The molecule has 7 nitrogen and oxygen atoms in total. The van der Waals surface area contributed by atoms with Crippen LogP contribution < -0.4 is 11.1 Å². The largest absolute Gasteiger partial charge is 0.359 e. The van der Waals surface area contributed by atoms with E-state index >= 15 is 0 Å². The summed E-state index contributed by atoms with van der Waals surface area (Å²) in [6.07, 6.45) is 1.59. The minimum Gasteiger partial charge on any atom is -0.359 e. The van der Waals surface area contributed by atoms with Crippen LogP contribution >= 0.6 is 0 Å². The lowest BCUT2D eigenvalue weighted by molar-refractivity contribution is -0.120. The number of nitrogens with zero attached hydrogens (tertiary/aromatic N) is 2. The molecule has 1 aromatic rings. The van der Waals surface area contributed by atoms with Gasteiger partial charge in [0.2, 0.25) is 15.9 Å². The first-order valence-electron chi connectivity index (χ1n) is 5.74. The number of amides is 1. The zero-order valence-electron chi connectivity index (χ0n) is 11.0. The smallest absolute Gasteiger partial charge is 0.244 e. The lowest BCUT2D eigenvalue weighted by Gasteiger charge is -2.18. The van der Waals surface area contributed by atoms with Crippen molar-refractivity contribution in [1.29, 1.82) is 0 Å². The molecule has 0 unspecified atom stereocenters. The zero-order chi connectivity index (χ0) is 14.5. The van der Waals surface area contributed by atoms with Crippen LogP contribution in [0.15, 0.2) is 23.2 Å². The molecule has 19 heavy (non-hydrogen) atoms. The number of nitrogens with two attached hydrogens (primary N) is 1. The summed E-state index contributed by atoms with van der Waals surface area (Å²) < 4.78 is 25.7.